The third-order valence-electron chi connectivity index (χ3n) is 4.80. The minimum Gasteiger partial charge on any atom is -0.354 e. The second-order valence-corrected chi connectivity index (χ2v) is 6.56. The van der Waals surface area contributed by atoms with Crippen LogP contribution in [0.3, 0.4) is 0 Å². The van der Waals surface area contributed by atoms with Crippen molar-refractivity contribution in [2.45, 2.75) is 45.7 Å². The van der Waals surface area contributed by atoms with Gasteiger partial charge in [-0.05, 0) is 32.4 Å². The van der Waals surface area contributed by atoms with Crippen molar-refractivity contribution in [3.63, 3.8) is 0 Å². The Bertz CT molecular complexity index is 783. The number of nitrogens with zero attached hydrogens (tertiary/aromatic N) is 4. The van der Waals surface area contributed by atoms with Gasteiger partial charge in [0.05, 0.1) is 6.20 Å². The summed E-state index contributed by atoms with van der Waals surface area (Å²) in [5.41, 5.74) is 1.93. The quantitative estimate of drug-likeness (QED) is 0.803. The highest BCUT2D eigenvalue weighted by Crippen LogP contribution is 2.12. The van der Waals surface area contributed by atoms with E-state index in [2.05, 4.69) is 39.5 Å². The zero-order valence-electron chi connectivity index (χ0n) is 15.4. The Morgan fingerprint density at radius 3 is 2.92 bits per heavy atom. The van der Waals surface area contributed by atoms with Crippen LogP contribution in [0.1, 0.15) is 49.0 Å². The first-order valence-corrected chi connectivity index (χ1v) is 9.25. The van der Waals surface area contributed by atoms with Crippen LogP contribution >= 0.6 is 0 Å². The zero-order chi connectivity index (χ0) is 18.5. The highest BCUT2D eigenvalue weighted by atomic mass is 16.2. The third-order valence-corrected chi connectivity index (χ3v) is 4.80. The van der Waals surface area contributed by atoms with Gasteiger partial charge in [-0.25, -0.2) is 9.50 Å². The average Bonchev–Trinajstić information content (AvgIpc) is 2.97. The first kappa shape index (κ1) is 18.3. The maximum atomic E-state index is 12.6. The zero-order valence-corrected chi connectivity index (χ0v) is 15.4. The molecule has 1 fully saturated rings. The van der Waals surface area contributed by atoms with Crippen LogP contribution < -0.4 is 10.6 Å². The topological polar surface area (TPSA) is 91.6 Å². The first-order valence-electron chi connectivity index (χ1n) is 9.25. The minimum absolute atomic E-state index is 0.123. The van der Waals surface area contributed by atoms with Crippen molar-refractivity contribution in [3.8, 4) is 0 Å². The SMILES string of the molecule is CCN(CC)Cc1cnc2c(C(=O)N[C@H]3CCCCNC3=O)cnn2c1. The molecule has 0 bridgehead atoms. The van der Waals surface area contributed by atoms with Gasteiger partial charge in [-0.1, -0.05) is 13.8 Å². The van der Waals surface area contributed by atoms with E-state index >= 15 is 0 Å². The van der Waals surface area contributed by atoms with E-state index < -0.39 is 6.04 Å². The highest BCUT2D eigenvalue weighted by molar-refractivity contribution is 6.01. The number of hydrogen-bond donors (Lipinski definition) is 2. The summed E-state index contributed by atoms with van der Waals surface area (Å²) in [6.07, 6.45) is 7.68. The number of carbonyl (C=O) groups is 2. The van der Waals surface area contributed by atoms with E-state index in [1.807, 2.05) is 6.20 Å². The molecule has 1 aliphatic rings. The van der Waals surface area contributed by atoms with E-state index in [1.165, 1.54) is 6.20 Å². The smallest absolute Gasteiger partial charge is 0.257 e. The van der Waals surface area contributed by atoms with Gasteiger partial charge in [0.25, 0.3) is 5.91 Å². The summed E-state index contributed by atoms with van der Waals surface area (Å²) in [6, 6.07) is -0.498. The van der Waals surface area contributed by atoms with Crippen LogP contribution in [0.5, 0.6) is 0 Å². The normalized spacial score (nSPS) is 18.0. The molecule has 3 rings (SSSR count). The molecule has 0 saturated carbocycles. The Morgan fingerprint density at radius 1 is 1.35 bits per heavy atom. The molecule has 26 heavy (non-hydrogen) atoms. The number of rotatable bonds is 6. The van der Waals surface area contributed by atoms with Crippen molar-refractivity contribution in [3.05, 3.63) is 29.7 Å². The number of amides is 2. The Kier molecular flexibility index (Phi) is 5.82. The van der Waals surface area contributed by atoms with Crippen LogP contribution in [0.15, 0.2) is 18.6 Å². The van der Waals surface area contributed by atoms with Gasteiger partial charge >= 0.3 is 0 Å². The number of hydrogen-bond acceptors (Lipinski definition) is 5. The van der Waals surface area contributed by atoms with Crippen molar-refractivity contribution >= 4 is 17.5 Å². The molecule has 0 aromatic carbocycles. The molecular formula is C18H26N6O2. The molecule has 0 radical (unpaired) electrons. The van der Waals surface area contributed by atoms with Crippen LogP contribution in [0, 0.1) is 0 Å². The number of nitrogens with one attached hydrogen (secondary N) is 2. The molecule has 2 N–H and O–H groups in total. The molecule has 3 heterocycles. The lowest BCUT2D eigenvalue weighted by Gasteiger charge is -2.17. The molecule has 140 valence electrons. The molecule has 8 heteroatoms. The Labute approximate surface area is 153 Å². The number of carbonyl (C=O) groups excluding carboxylic acids is 2. The summed E-state index contributed by atoms with van der Waals surface area (Å²) in [5, 5.41) is 9.90. The highest BCUT2D eigenvalue weighted by Gasteiger charge is 2.24. The van der Waals surface area contributed by atoms with Crippen molar-refractivity contribution in [1.29, 1.82) is 0 Å². The summed E-state index contributed by atoms with van der Waals surface area (Å²) in [5.74, 6) is -0.437. The number of fused-ring (bicyclic) bond motifs is 1. The largest absolute Gasteiger partial charge is 0.354 e. The van der Waals surface area contributed by atoms with Crippen LogP contribution in [-0.2, 0) is 11.3 Å². The van der Waals surface area contributed by atoms with Gasteiger partial charge < -0.3 is 10.6 Å². The summed E-state index contributed by atoms with van der Waals surface area (Å²) < 4.78 is 1.63. The standard InChI is InChI=1S/C18H26N6O2/c1-3-23(4-2)11-13-9-20-16-14(10-21-24(16)12-13)17(25)22-15-7-5-6-8-19-18(15)26/h9-10,12,15H,3-8,11H2,1-2H3,(H,19,26)(H,22,25)/t15-/m0/s1. The molecule has 0 unspecified atom stereocenters. The van der Waals surface area contributed by atoms with Crippen molar-refractivity contribution < 1.29 is 9.59 Å². The van der Waals surface area contributed by atoms with Gasteiger partial charge in [0.2, 0.25) is 5.91 Å². The summed E-state index contributed by atoms with van der Waals surface area (Å²) in [4.78, 5) is 31.3. The van der Waals surface area contributed by atoms with Crippen molar-refractivity contribution in [1.82, 2.24) is 30.1 Å². The van der Waals surface area contributed by atoms with E-state index in [4.69, 9.17) is 0 Å². The van der Waals surface area contributed by atoms with Gasteiger partial charge in [0.15, 0.2) is 5.65 Å². The molecule has 1 saturated heterocycles. The second-order valence-electron chi connectivity index (χ2n) is 6.56. The maximum absolute atomic E-state index is 12.6. The van der Waals surface area contributed by atoms with E-state index in [1.54, 1.807) is 10.7 Å². The van der Waals surface area contributed by atoms with Crippen LogP contribution in [0.4, 0.5) is 0 Å². The Balaban J connectivity index is 1.75. The van der Waals surface area contributed by atoms with E-state index in [0.29, 0.717) is 24.2 Å². The van der Waals surface area contributed by atoms with E-state index in [-0.39, 0.29) is 11.8 Å². The summed E-state index contributed by atoms with van der Waals surface area (Å²) in [7, 11) is 0. The average molecular weight is 358 g/mol. The Hall–Kier alpha value is -2.48. The Morgan fingerprint density at radius 2 is 2.15 bits per heavy atom. The molecule has 2 amide bonds. The summed E-state index contributed by atoms with van der Waals surface area (Å²) in [6.45, 7) is 7.62. The lowest BCUT2D eigenvalue weighted by atomic mass is 10.1. The lowest BCUT2D eigenvalue weighted by Crippen LogP contribution is -2.45. The van der Waals surface area contributed by atoms with Crippen molar-refractivity contribution in [2.75, 3.05) is 19.6 Å². The monoisotopic (exact) mass is 358 g/mol. The molecule has 1 atom stereocenters. The molecule has 0 aliphatic carbocycles. The molecule has 2 aromatic rings. The fraction of sp³-hybridized carbons (Fsp3) is 0.556. The predicted molar refractivity (Wildman–Crippen MR) is 97.7 cm³/mol. The van der Waals surface area contributed by atoms with Crippen molar-refractivity contribution in [2.24, 2.45) is 0 Å². The fourth-order valence-corrected chi connectivity index (χ4v) is 3.17. The van der Waals surface area contributed by atoms with Crippen LogP contribution in [0.2, 0.25) is 0 Å². The summed E-state index contributed by atoms with van der Waals surface area (Å²) >= 11 is 0. The van der Waals surface area contributed by atoms with Crippen LogP contribution in [0.25, 0.3) is 5.65 Å². The lowest BCUT2D eigenvalue weighted by molar-refractivity contribution is -0.122. The molecular weight excluding hydrogens is 332 g/mol. The molecule has 2 aromatic heterocycles. The van der Waals surface area contributed by atoms with Gasteiger partial charge in [-0.15, -0.1) is 0 Å². The third kappa shape index (κ3) is 4.01. The second kappa shape index (κ2) is 8.27. The molecule has 8 nitrogen and oxygen atoms in total. The predicted octanol–water partition coefficient (Wildman–Crippen LogP) is 0.970. The minimum atomic E-state index is -0.498. The fourth-order valence-electron chi connectivity index (χ4n) is 3.17. The van der Waals surface area contributed by atoms with E-state index in [0.717, 1.165) is 38.0 Å². The molecule has 1 aliphatic heterocycles. The van der Waals surface area contributed by atoms with Gasteiger partial charge in [-0.2, -0.15) is 5.10 Å². The number of aromatic nitrogens is 3. The maximum Gasteiger partial charge on any atom is 0.257 e. The first-order chi connectivity index (χ1) is 12.6. The molecule has 0 spiro atoms. The van der Waals surface area contributed by atoms with Gasteiger partial charge in [-0.3, -0.25) is 14.5 Å². The van der Waals surface area contributed by atoms with Gasteiger partial charge in [0.1, 0.15) is 11.6 Å². The van der Waals surface area contributed by atoms with Gasteiger partial charge in [0, 0.05) is 31.0 Å². The van der Waals surface area contributed by atoms with Crippen LogP contribution in [-0.4, -0.2) is 57.0 Å². The van der Waals surface area contributed by atoms with E-state index in [9.17, 15) is 9.59 Å².